The number of aromatic nitrogens is 1. The molecule has 20 heavy (non-hydrogen) atoms. The van der Waals surface area contributed by atoms with E-state index in [1.54, 1.807) is 37.4 Å². The van der Waals surface area contributed by atoms with Crippen LogP contribution in [-0.4, -0.2) is 9.91 Å². The van der Waals surface area contributed by atoms with Crippen molar-refractivity contribution in [3.8, 4) is 11.5 Å². The number of pyridine rings is 1. The molecule has 104 valence electrons. The summed E-state index contributed by atoms with van der Waals surface area (Å²) in [4.78, 5) is 14.5. The summed E-state index contributed by atoms with van der Waals surface area (Å²) in [5.41, 5.74) is 7.11. The van der Waals surface area contributed by atoms with Crippen LogP contribution < -0.4 is 10.5 Å². The number of benzene rings is 1. The average Bonchev–Trinajstić information content (AvgIpc) is 2.39. The van der Waals surface area contributed by atoms with E-state index in [0.29, 0.717) is 17.1 Å². The molecule has 0 saturated carbocycles. The first-order chi connectivity index (χ1) is 9.47. The van der Waals surface area contributed by atoms with Crippen molar-refractivity contribution in [1.29, 1.82) is 0 Å². The van der Waals surface area contributed by atoms with Gasteiger partial charge in [-0.15, -0.1) is 0 Å². The monoisotopic (exact) mass is 273 g/mol. The van der Waals surface area contributed by atoms with Gasteiger partial charge in [-0.2, -0.15) is 0 Å². The second-order valence-electron chi connectivity index (χ2n) is 4.51. The summed E-state index contributed by atoms with van der Waals surface area (Å²) >= 11 is 0. The van der Waals surface area contributed by atoms with E-state index in [2.05, 4.69) is 4.98 Å². The Kier molecular flexibility index (Phi) is 3.95. The molecule has 0 aliphatic carbocycles. The third kappa shape index (κ3) is 3.10. The molecule has 2 rings (SSSR count). The Morgan fingerprint density at radius 1 is 1.30 bits per heavy atom. The van der Waals surface area contributed by atoms with Gasteiger partial charge in [-0.25, -0.2) is 0 Å². The molecule has 0 spiro atoms. The lowest BCUT2D eigenvalue weighted by atomic mass is 10.2. The number of ether oxygens (including phenoxy) is 1. The highest BCUT2D eigenvalue weighted by Gasteiger charge is 2.11. The van der Waals surface area contributed by atoms with Gasteiger partial charge >= 0.3 is 0 Å². The molecular formula is C14H15N3O3. The van der Waals surface area contributed by atoms with E-state index >= 15 is 0 Å². The number of aryl methyl sites for hydroxylation is 1. The Balaban J connectivity index is 2.17. The van der Waals surface area contributed by atoms with Crippen LogP contribution in [0, 0.1) is 17.0 Å². The minimum absolute atomic E-state index is 0.0720. The Bertz CT molecular complexity index is 624. The molecule has 0 amide bonds. The average molecular weight is 273 g/mol. The Morgan fingerprint density at radius 2 is 2.00 bits per heavy atom. The maximum atomic E-state index is 10.7. The topological polar surface area (TPSA) is 91.3 Å². The predicted octanol–water partition coefficient (Wildman–Crippen LogP) is 3.11. The van der Waals surface area contributed by atoms with Crippen LogP contribution in [0.2, 0.25) is 0 Å². The van der Waals surface area contributed by atoms with Gasteiger partial charge in [-0.1, -0.05) is 0 Å². The second-order valence-corrected chi connectivity index (χ2v) is 4.51. The van der Waals surface area contributed by atoms with Crippen molar-refractivity contribution >= 4 is 5.69 Å². The third-order valence-corrected chi connectivity index (χ3v) is 2.83. The maximum Gasteiger partial charge on any atom is 0.272 e. The van der Waals surface area contributed by atoms with Gasteiger partial charge in [-0.3, -0.25) is 15.1 Å². The maximum absolute atomic E-state index is 10.7. The molecular weight excluding hydrogens is 258 g/mol. The standard InChI is InChI=1S/C14H15N3O3/c1-9-7-11(4-6-14(9)17(18)19)20-12-3-5-13(10(2)15)16-8-12/h3-8,10H,15H2,1-2H3. The Hall–Kier alpha value is -2.47. The lowest BCUT2D eigenvalue weighted by Crippen LogP contribution is -2.06. The molecule has 2 aromatic rings. The molecule has 0 bridgehead atoms. The highest BCUT2D eigenvalue weighted by molar-refractivity contribution is 5.45. The largest absolute Gasteiger partial charge is 0.456 e. The van der Waals surface area contributed by atoms with Gasteiger partial charge in [0.05, 0.1) is 16.8 Å². The van der Waals surface area contributed by atoms with E-state index in [1.807, 2.05) is 6.92 Å². The Morgan fingerprint density at radius 3 is 2.50 bits per heavy atom. The molecule has 1 unspecified atom stereocenters. The van der Waals surface area contributed by atoms with Gasteiger partial charge in [0.1, 0.15) is 11.5 Å². The van der Waals surface area contributed by atoms with Gasteiger partial charge < -0.3 is 10.5 Å². The molecule has 0 radical (unpaired) electrons. The SMILES string of the molecule is Cc1cc(Oc2ccc(C(C)N)nc2)ccc1[N+](=O)[O-]. The van der Waals surface area contributed by atoms with Crippen molar-refractivity contribution in [3.63, 3.8) is 0 Å². The molecule has 6 heteroatoms. The van der Waals surface area contributed by atoms with E-state index in [4.69, 9.17) is 10.5 Å². The van der Waals surface area contributed by atoms with Gasteiger partial charge in [-0.05, 0) is 38.1 Å². The van der Waals surface area contributed by atoms with E-state index in [-0.39, 0.29) is 11.7 Å². The van der Waals surface area contributed by atoms with Gasteiger partial charge in [0, 0.05) is 17.7 Å². The van der Waals surface area contributed by atoms with Crippen molar-refractivity contribution in [1.82, 2.24) is 4.98 Å². The summed E-state index contributed by atoms with van der Waals surface area (Å²) in [6, 6.07) is 8.03. The highest BCUT2D eigenvalue weighted by Crippen LogP contribution is 2.27. The number of hydrogen-bond acceptors (Lipinski definition) is 5. The first-order valence-electron chi connectivity index (χ1n) is 6.12. The van der Waals surface area contributed by atoms with Crippen molar-refractivity contribution in [2.45, 2.75) is 19.9 Å². The first-order valence-corrected chi connectivity index (χ1v) is 6.12. The summed E-state index contributed by atoms with van der Waals surface area (Å²) in [5.74, 6) is 1.09. The van der Waals surface area contributed by atoms with Crippen LogP contribution in [0.3, 0.4) is 0 Å². The summed E-state index contributed by atoms with van der Waals surface area (Å²) in [6.45, 7) is 3.52. The van der Waals surface area contributed by atoms with Crippen LogP contribution in [0.5, 0.6) is 11.5 Å². The molecule has 1 heterocycles. The van der Waals surface area contributed by atoms with Gasteiger partial charge in [0.25, 0.3) is 5.69 Å². The zero-order valence-electron chi connectivity index (χ0n) is 11.2. The zero-order chi connectivity index (χ0) is 14.7. The highest BCUT2D eigenvalue weighted by atomic mass is 16.6. The number of nitrogens with zero attached hydrogens (tertiary/aromatic N) is 2. The molecule has 1 aromatic carbocycles. The quantitative estimate of drug-likeness (QED) is 0.682. The molecule has 6 nitrogen and oxygen atoms in total. The third-order valence-electron chi connectivity index (χ3n) is 2.83. The number of nitrogens with two attached hydrogens (primary N) is 1. The van der Waals surface area contributed by atoms with Crippen LogP contribution >= 0.6 is 0 Å². The summed E-state index contributed by atoms with van der Waals surface area (Å²) in [5, 5.41) is 10.7. The fraction of sp³-hybridized carbons (Fsp3) is 0.214. The Labute approximate surface area is 116 Å². The van der Waals surface area contributed by atoms with E-state index in [0.717, 1.165) is 5.69 Å². The molecule has 0 aliphatic heterocycles. The van der Waals surface area contributed by atoms with E-state index in [1.165, 1.54) is 6.07 Å². The molecule has 0 aliphatic rings. The summed E-state index contributed by atoms with van der Waals surface area (Å²) in [7, 11) is 0. The number of nitro benzene ring substituents is 1. The lowest BCUT2D eigenvalue weighted by Gasteiger charge is -2.08. The van der Waals surface area contributed by atoms with E-state index < -0.39 is 4.92 Å². The normalized spacial score (nSPS) is 11.9. The second kappa shape index (κ2) is 5.66. The molecule has 2 N–H and O–H groups in total. The fourth-order valence-corrected chi connectivity index (χ4v) is 1.75. The van der Waals surface area contributed by atoms with Crippen molar-refractivity contribution in [2.75, 3.05) is 0 Å². The van der Waals surface area contributed by atoms with Crippen molar-refractivity contribution < 1.29 is 9.66 Å². The lowest BCUT2D eigenvalue weighted by molar-refractivity contribution is -0.385. The van der Waals surface area contributed by atoms with Gasteiger partial charge in [0.2, 0.25) is 0 Å². The van der Waals surface area contributed by atoms with E-state index in [9.17, 15) is 10.1 Å². The van der Waals surface area contributed by atoms with Crippen LogP contribution in [0.4, 0.5) is 5.69 Å². The summed E-state index contributed by atoms with van der Waals surface area (Å²) in [6.07, 6.45) is 1.58. The fourth-order valence-electron chi connectivity index (χ4n) is 1.75. The number of nitro groups is 1. The summed E-state index contributed by atoms with van der Waals surface area (Å²) < 4.78 is 5.60. The molecule has 1 aromatic heterocycles. The van der Waals surface area contributed by atoms with Crippen LogP contribution in [0.1, 0.15) is 24.2 Å². The van der Waals surface area contributed by atoms with Gasteiger partial charge in [0.15, 0.2) is 0 Å². The zero-order valence-corrected chi connectivity index (χ0v) is 11.2. The van der Waals surface area contributed by atoms with Crippen molar-refractivity contribution in [2.24, 2.45) is 5.73 Å². The molecule has 0 fully saturated rings. The van der Waals surface area contributed by atoms with Crippen LogP contribution in [0.15, 0.2) is 36.5 Å². The number of rotatable bonds is 4. The van der Waals surface area contributed by atoms with Crippen LogP contribution in [-0.2, 0) is 0 Å². The number of hydrogen-bond donors (Lipinski definition) is 1. The molecule has 0 saturated heterocycles. The molecule has 1 atom stereocenters. The minimum Gasteiger partial charge on any atom is -0.456 e. The first kappa shape index (κ1) is 14.0. The predicted molar refractivity (Wildman–Crippen MR) is 74.7 cm³/mol. The minimum atomic E-state index is -0.419. The van der Waals surface area contributed by atoms with Crippen LogP contribution in [0.25, 0.3) is 0 Å². The van der Waals surface area contributed by atoms with Crippen molar-refractivity contribution in [3.05, 3.63) is 57.9 Å². The smallest absolute Gasteiger partial charge is 0.272 e.